The average molecular weight is 386 g/mol. The topological polar surface area (TPSA) is 77.5 Å². The number of sulfone groups is 1. The van der Waals surface area contributed by atoms with E-state index in [1.54, 1.807) is 18.2 Å². The molecular formula is C21H22O5S. The molecule has 0 aliphatic heterocycles. The summed E-state index contributed by atoms with van der Waals surface area (Å²) in [7, 11) is -2.14. The van der Waals surface area contributed by atoms with Gasteiger partial charge in [0.2, 0.25) is 0 Å². The standard InChI is InChI=1S/C21H22O5S/c1-26-19-13-9-17(10-14-19)21(23)20(27(2,24)25)15-12-18(22)11-8-16-6-4-3-5-7-16/h3-11,13-14,20H,12,15H2,1-2H3/b11-8+/t20-/m0/s1. The summed E-state index contributed by atoms with van der Waals surface area (Å²) in [6.07, 6.45) is 4.02. The number of ketones is 2. The summed E-state index contributed by atoms with van der Waals surface area (Å²) < 4.78 is 29.2. The summed E-state index contributed by atoms with van der Waals surface area (Å²) in [5.41, 5.74) is 1.15. The number of allylic oxidation sites excluding steroid dienone is 1. The highest BCUT2D eigenvalue weighted by molar-refractivity contribution is 7.92. The number of methoxy groups -OCH3 is 1. The third-order valence-corrected chi connectivity index (χ3v) is 5.58. The van der Waals surface area contributed by atoms with E-state index in [4.69, 9.17) is 4.74 Å². The summed E-state index contributed by atoms with van der Waals surface area (Å²) in [6.45, 7) is 0. The monoisotopic (exact) mass is 386 g/mol. The number of hydrogen-bond acceptors (Lipinski definition) is 5. The second kappa shape index (κ2) is 9.28. The fourth-order valence-corrected chi connectivity index (χ4v) is 3.66. The van der Waals surface area contributed by atoms with Gasteiger partial charge in [-0.1, -0.05) is 36.4 Å². The normalized spacial score (nSPS) is 12.7. The van der Waals surface area contributed by atoms with Crippen molar-refractivity contribution in [2.75, 3.05) is 13.4 Å². The molecule has 0 heterocycles. The molecule has 0 spiro atoms. The van der Waals surface area contributed by atoms with Crippen molar-refractivity contribution in [1.29, 1.82) is 0 Å². The maximum atomic E-state index is 12.6. The largest absolute Gasteiger partial charge is 0.497 e. The molecular weight excluding hydrogens is 364 g/mol. The Morgan fingerprint density at radius 1 is 1.04 bits per heavy atom. The van der Waals surface area contributed by atoms with E-state index in [-0.39, 0.29) is 24.2 Å². The van der Waals surface area contributed by atoms with Gasteiger partial charge in [0.05, 0.1) is 7.11 Å². The lowest BCUT2D eigenvalue weighted by atomic mass is 10.0. The van der Waals surface area contributed by atoms with Gasteiger partial charge in [0.15, 0.2) is 21.4 Å². The zero-order valence-electron chi connectivity index (χ0n) is 15.3. The molecule has 2 rings (SSSR count). The van der Waals surface area contributed by atoms with Crippen LogP contribution in [0.2, 0.25) is 0 Å². The Labute approximate surface area is 159 Å². The van der Waals surface area contributed by atoms with Gasteiger partial charge in [-0.2, -0.15) is 0 Å². The first-order valence-corrected chi connectivity index (χ1v) is 10.4. The van der Waals surface area contributed by atoms with Crippen LogP contribution in [-0.2, 0) is 14.6 Å². The quantitative estimate of drug-likeness (QED) is 0.488. The van der Waals surface area contributed by atoms with Crippen LogP contribution in [0.3, 0.4) is 0 Å². The van der Waals surface area contributed by atoms with Gasteiger partial charge in [0, 0.05) is 18.2 Å². The number of benzene rings is 2. The second-order valence-corrected chi connectivity index (χ2v) is 8.39. The van der Waals surface area contributed by atoms with Gasteiger partial charge in [-0.25, -0.2) is 8.42 Å². The van der Waals surface area contributed by atoms with Gasteiger partial charge in [-0.3, -0.25) is 9.59 Å². The van der Waals surface area contributed by atoms with Gasteiger partial charge >= 0.3 is 0 Å². The molecule has 0 bridgehead atoms. The smallest absolute Gasteiger partial charge is 0.180 e. The van der Waals surface area contributed by atoms with Gasteiger partial charge < -0.3 is 4.74 Å². The van der Waals surface area contributed by atoms with Crippen LogP contribution < -0.4 is 4.74 Å². The summed E-state index contributed by atoms with van der Waals surface area (Å²) in [5, 5.41) is -1.25. The molecule has 27 heavy (non-hydrogen) atoms. The summed E-state index contributed by atoms with van der Waals surface area (Å²) >= 11 is 0. The molecule has 2 aromatic carbocycles. The van der Waals surface area contributed by atoms with Crippen molar-refractivity contribution in [3.8, 4) is 5.75 Å². The number of Topliss-reactive ketones (excluding diaryl/α,β-unsaturated/α-hetero) is 1. The Hall–Kier alpha value is -2.73. The Morgan fingerprint density at radius 3 is 2.22 bits per heavy atom. The van der Waals surface area contributed by atoms with Crippen LogP contribution in [0, 0.1) is 0 Å². The lowest BCUT2D eigenvalue weighted by Gasteiger charge is -2.13. The van der Waals surface area contributed by atoms with E-state index in [1.807, 2.05) is 30.3 Å². The highest BCUT2D eigenvalue weighted by Gasteiger charge is 2.29. The van der Waals surface area contributed by atoms with E-state index in [2.05, 4.69) is 0 Å². The maximum Gasteiger partial charge on any atom is 0.180 e. The molecule has 0 aromatic heterocycles. The first kappa shape index (κ1) is 20.6. The molecule has 1 atom stereocenters. The minimum Gasteiger partial charge on any atom is -0.497 e. The van der Waals surface area contributed by atoms with Crippen molar-refractivity contribution in [1.82, 2.24) is 0 Å². The number of rotatable bonds is 9. The van der Waals surface area contributed by atoms with Crippen LogP contribution in [0.15, 0.2) is 60.7 Å². The molecule has 0 saturated carbocycles. The van der Waals surface area contributed by atoms with Crippen LogP contribution in [0.4, 0.5) is 0 Å². The predicted octanol–water partition coefficient (Wildman–Crippen LogP) is 3.35. The van der Waals surface area contributed by atoms with E-state index in [9.17, 15) is 18.0 Å². The van der Waals surface area contributed by atoms with Crippen molar-refractivity contribution < 1.29 is 22.7 Å². The maximum absolute atomic E-state index is 12.6. The third-order valence-electron chi connectivity index (χ3n) is 4.10. The van der Waals surface area contributed by atoms with Gasteiger partial charge in [0.1, 0.15) is 11.0 Å². The fourth-order valence-electron chi connectivity index (χ4n) is 2.59. The second-order valence-electron chi connectivity index (χ2n) is 6.16. The van der Waals surface area contributed by atoms with Crippen molar-refractivity contribution >= 4 is 27.5 Å². The fraction of sp³-hybridized carbons (Fsp3) is 0.238. The van der Waals surface area contributed by atoms with E-state index in [0.29, 0.717) is 5.75 Å². The molecule has 5 nitrogen and oxygen atoms in total. The Kier molecular flexibility index (Phi) is 7.07. The van der Waals surface area contributed by atoms with Crippen molar-refractivity contribution in [3.63, 3.8) is 0 Å². The van der Waals surface area contributed by atoms with Gasteiger partial charge in [0.25, 0.3) is 0 Å². The lowest BCUT2D eigenvalue weighted by molar-refractivity contribution is -0.114. The Balaban J connectivity index is 2.07. The zero-order chi connectivity index (χ0) is 19.9. The van der Waals surface area contributed by atoms with E-state index < -0.39 is 20.9 Å². The van der Waals surface area contributed by atoms with Crippen molar-refractivity contribution in [2.24, 2.45) is 0 Å². The van der Waals surface area contributed by atoms with Crippen molar-refractivity contribution in [2.45, 2.75) is 18.1 Å². The van der Waals surface area contributed by atoms with Crippen LogP contribution in [0.25, 0.3) is 6.08 Å². The molecule has 0 amide bonds. The Bertz CT molecular complexity index is 913. The van der Waals surface area contributed by atoms with E-state index in [1.165, 1.54) is 25.3 Å². The van der Waals surface area contributed by atoms with Crippen LogP contribution >= 0.6 is 0 Å². The molecule has 0 fully saturated rings. The highest BCUT2D eigenvalue weighted by atomic mass is 32.2. The minimum atomic E-state index is -3.65. The van der Waals surface area contributed by atoms with Crippen LogP contribution in [0.1, 0.15) is 28.8 Å². The molecule has 0 saturated heterocycles. The summed E-state index contributed by atoms with van der Waals surface area (Å²) in [5.74, 6) is -0.168. The minimum absolute atomic E-state index is 0.0248. The number of hydrogen-bond donors (Lipinski definition) is 0. The molecule has 0 radical (unpaired) electrons. The van der Waals surface area contributed by atoms with E-state index in [0.717, 1.165) is 11.8 Å². The Morgan fingerprint density at radius 2 is 1.67 bits per heavy atom. The van der Waals surface area contributed by atoms with Gasteiger partial charge in [-0.05, 0) is 42.3 Å². The first-order chi connectivity index (χ1) is 12.8. The predicted molar refractivity (Wildman–Crippen MR) is 106 cm³/mol. The summed E-state index contributed by atoms with van der Waals surface area (Å²) in [4.78, 5) is 24.7. The third kappa shape index (κ3) is 6.18. The molecule has 2 aromatic rings. The molecule has 142 valence electrons. The molecule has 6 heteroatoms. The lowest BCUT2D eigenvalue weighted by Crippen LogP contribution is -2.30. The first-order valence-electron chi connectivity index (χ1n) is 8.44. The van der Waals surface area contributed by atoms with Crippen LogP contribution in [-0.4, -0.2) is 38.6 Å². The van der Waals surface area contributed by atoms with Crippen molar-refractivity contribution in [3.05, 3.63) is 71.8 Å². The molecule has 0 aliphatic carbocycles. The molecule has 0 unspecified atom stereocenters. The summed E-state index contributed by atoms with van der Waals surface area (Å²) in [6, 6.07) is 15.6. The number of carbonyl (C=O) groups is 2. The number of ether oxygens (including phenoxy) is 1. The van der Waals surface area contributed by atoms with Gasteiger partial charge in [-0.15, -0.1) is 0 Å². The number of carbonyl (C=O) groups excluding carboxylic acids is 2. The SMILES string of the molecule is COc1ccc(C(=O)[C@H](CCC(=O)/C=C/c2ccccc2)S(C)(=O)=O)cc1. The van der Waals surface area contributed by atoms with E-state index >= 15 is 0 Å². The zero-order valence-corrected chi connectivity index (χ0v) is 16.1. The average Bonchev–Trinajstić information content (AvgIpc) is 2.66. The molecule has 0 N–H and O–H groups in total. The highest BCUT2D eigenvalue weighted by Crippen LogP contribution is 2.18. The van der Waals surface area contributed by atoms with Crippen LogP contribution in [0.5, 0.6) is 5.75 Å². The molecule has 0 aliphatic rings.